The Balaban J connectivity index is 2.01. The Morgan fingerprint density at radius 1 is 1.17 bits per heavy atom. The first kappa shape index (κ1) is 5.00. The molecule has 0 aromatic rings. The van der Waals surface area contributed by atoms with Gasteiger partial charge in [-0.05, 0) is 31.1 Å². The Bertz CT molecular complexity index is 300. The summed E-state index contributed by atoms with van der Waals surface area (Å²) in [5.41, 5.74) is 0. The van der Waals surface area contributed by atoms with Crippen molar-refractivity contribution in [3.63, 3.8) is 0 Å². The largest absolute Gasteiger partial charge is 0.393 e. The molecule has 3 rings (SSSR count). The van der Waals surface area contributed by atoms with E-state index in [2.05, 4.69) is 4.74 Å². The van der Waals surface area contributed by atoms with Crippen LogP contribution in [0.15, 0.2) is 0 Å². The minimum atomic E-state index is -0.514. The van der Waals surface area contributed by atoms with Gasteiger partial charge in [0.15, 0.2) is 0 Å². The lowest BCUT2D eigenvalue weighted by Gasteiger charge is -2.17. The lowest BCUT2D eigenvalue weighted by Crippen LogP contribution is -2.24. The summed E-state index contributed by atoms with van der Waals surface area (Å²) in [6.07, 6.45) is -0.349. The Hall–Kier alpha value is -0.860. The maximum atomic E-state index is 11.3. The minimum Gasteiger partial charge on any atom is -0.393 e. The van der Waals surface area contributed by atoms with E-state index in [1.165, 1.54) is 0 Å². The van der Waals surface area contributed by atoms with E-state index in [9.17, 15) is 9.59 Å². The molecule has 3 aliphatic rings. The molecule has 2 unspecified atom stereocenters. The highest BCUT2D eigenvalue weighted by Crippen LogP contribution is 2.55. The predicted octanol–water partition coefficient (Wildman–Crippen LogP) is 0.732. The molecule has 3 heteroatoms. The molecular weight excluding hydrogens is 156 g/mol. The van der Waals surface area contributed by atoms with Gasteiger partial charge in [0, 0.05) is 2.74 Å². The number of hydrogen-bond acceptors (Lipinski definition) is 3. The maximum Gasteiger partial charge on any atom is 0.317 e. The van der Waals surface area contributed by atoms with E-state index in [1.54, 1.807) is 0 Å². The molecule has 0 radical (unpaired) electrons. The van der Waals surface area contributed by atoms with Gasteiger partial charge in [0.1, 0.15) is 0 Å². The Morgan fingerprint density at radius 3 is 2.17 bits per heavy atom. The first-order chi connectivity index (χ1) is 6.61. The zero-order chi connectivity index (χ0) is 10.0. The molecule has 3 nitrogen and oxygen atoms in total. The monoisotopic (exact) mass is 168 g/mol. The van der Waals surface area contributed by atoms with Crippen LogP contribution in [0.4, 0.5) is 0 Å². The summed E-state index contributed by atoms with van der Waals surface area (Å²) >= 11 is 0. The predicted molar refractivity (Wildman–Crippen MR) is 38.9 cm³/mol. The van der Waals surface area contributed by atoms with Gasteiger partial charge >= 0.3 is 11.9 Å². The number of carbonyl (C=O) groups excluding carboxylic acids is 2. The summed E-state index contributed by atoms with van der Waals surface area (Å²) in [5, 5.41) is 0. The normalized spacial score (nSPS) is 64.3. The molecule has 1 heterocycles. The van der Waals surface area contributed by atoms with Crippen LogP contribution in [0.1, 0.15) is 22.0 Å². The van der Waals surface area contributed by atoms with Crippen molar-refractivity contribution in [2.24, 2.45) is 23.7 Å². The molecule has 64 valence electrons. The van der Waals surface area contributed by atoms with E-state index in [1.807, 2.05) is 0 Å². The highest BCUT2D eigenvalue weighted by molar-refractivity contribution is 5.97. The number of ether oxygens (including phenoxy) is 1. The Kier molecular flexibility index (Phi) is 0.789. The van der Waals surface area contributed by atoms with Crippen LogP contribution in [0, 0.1) is 23.7 Å². The topological polar surface area (TPSA) is 43.4 Å². The average molecular weight is 168 g/mol. The highest BCUT2D eigenvalue weighted by atomic mass is 16.6. The van der Waals surface area contributed by atoms with E-state index in [0.29, 0.717) is 6.42 Å². The van der Waals surface area contributed by atoms with Crippen LogP contribution in [0.5, 0.6) is 0 Å². The van der Waals surface area contributed by atoms with Crippen molar-refractivity contribution >= 4 is 11.9 Å². The summed E-state index contributed by atoms with van der Waals surface area (Å²) in [5.74, 6) is -1.97. The van der Waals surface area contributed by atoms with Gasteiger partial charge in [-0.2, -0.15) is 0 Å². The summed E-state index contributed by atoms with van der Waals surface area (Å²) in [6, 6.07) is 0. The molecule has 0 spiro atoms. The standard InChI is InChI=1S/C9H10O3/c10-8-6-4-1-2-5(3-4)7(6)9(11)12-8/h4-7H,1-3H2/t4-,5+,6-,7+/i1D,2D/t1?,2?,4-,5+,6-,7+. The van der Waals surface area contributed by atoms with Crippen LogP contribution in [-0.2, 0) is 14.3 Å². The SMILES string of the molecule is [2H]C1C([2H])[C@@H]2C[C@H]1[C@@H]1C(=O)OC(=O)[C@@H]12. The van der Waals surface area contributed by atoms with Crippen molar-refractivity contribution < 1.29 is 17.1 Å². The lowest BCUT2D eigenvalue weighted by molar-refractivity contribution is -0.154. The number of hydrogen-bond donors (Lipinski definition) is 0. The second-order valence-corrected chi connectivity index (χ2v) is 3.74. The second-order valence-electron chi connectivity index (χ2n) is 3.74. The van der Waals surface area contributed by atoms with Gasteiger partial charge in [-0.3, -0.25) is 9.59 Å². The van der Waals surface area contributed by atoms with E-state index in [-0.39, 0.29) is 11.8 Å². The maximum absolute atomic E-state index is 11.3. The molecule has 3 fully saturated rings. The minimum absolute atomic E-state index is 0.119. The first-order valence-electron chi connectivity index (χ1n) is 5.37. The summed E-state index contributed by atoms with van der Waals surface area (Å²) in [4.78, 5) is 22.6. The molecule has 2 aliphatic carbocycles. The fraction of sp³-hybridized carbons (Fsp3) is 0.778. The fourth-order valence-corrected chi connectivity index (χ4v) is 2.70. The molecule has 2 bridgehead atoms. The summed E-state index contributed by atoms with van der Waals surface area (Å²) in [7, 11) is 0. The van der Waals surface area contributed by atoms with E-state index in [0.717, 1.165) is 0 Å². The van der Waals surface area contributed by atoms with Crippen LogP contribution in [-0.4, -0.2) is 11.9 Å². The highest BCUT2D eigenvalue weighted by Gasteiger charge is 2.59. The van der Waals surface area contributed by atoms with Gasteiger partial charge in [0.05, 0.1) is 11.8 Å². The van der Waals surface area contributed by atoms with Gasteiger partial charge in [-0.1, -0.05) is 0 Å². The molecule has 12 heavy (non-hydrogen) atoms. The first-order valence-corrected chi connectivity index (χ1v) is 4.21. The van der Waals surface area contributed by atoms with Crippen LogP contribution in [0.3, 0.4) is 0 Å². The number of cyclic esters (lactones) is 2. The average Bonchev–Trinajstić information content (AvgIpc) is 2.71. The molecule has 0 N–H and O–H groups in total. The van der Waals surface area contributed by atoms with Crippen LogP contribution in [0.2, 0.25) is 0 Å². The molecule has 1 aliphatic heterocycles. The number of carbonyl (C=O) groups is 2. The van der Waals surface area contributed by atoms with Gasteiger partial charge < -0.3 is 4.74 Å². The lowest BCUT2D eigenvalue weighted by atomic mass is 9.81. The Labute approximate surface area is 72.9 Å². The van der Waals surface area contributed by atoms with Gasteiger partial charge in [-0.25, -0.2) is 0 Å². The third kappa shape index (κ3) is 0.586. The molecule has 0 aromatic carbocycles. The number of fused-ring (bicyclic) bond motifs is 5. The van der Waals surface area contributed by atoms with E-state index >= 15 is 0 Å². The molecule has 0 aromatic heterocycles. The smallest absolute Gasteiger partial charge is 0.317 e. The van der Waals surface area contributed by atoms with Crippen molar-refractivity contribution in [1.29, 1.82) is 0 Å². The molecule has 0 amide bonds. The van der Waals surface area contributed by atoms with Gasteiger partial charge in [0.25, 0.3) is 0 Å². The third-order valence-corrected chi connectivity index (χ3v) is 3.20. The van der Waals surface area contributed by atoms with Crippen molar-refractivity contribution in [2.75, 3.05) is 0 Å². The Morgan fingerprint density at radius 2 is 1.67 bits per heavy atom. The van der Waals surface area contributed by atoms with Crippen LogP contribution < -0.4 is 0 Å². The molecule has 6 atom stereocenters. The van der Waals surface area contributed by atoms with E-state index < -0.39 is 36.6 Å². The summed E-state index contributed by atoms with van der Waals surface area (Å²) < 4.78 is 20.0. The van der Waals surface area contributed by atoms with Crippen molar-refractivity contribution in [3.05, 3.63) is 0 Å². The quantitative estimate of drug-likeness (QED) is 0.395. The number of rotatable bonds is 0. The van der Waals surface area contributed by atoms with E-state index in [4.69, 9.17) is 2.74 Å². The molecular formula is C9H10O3. The van der Waals surface area contributed by atoms with Crippen LogP contribution in [0.25, 0.3) is 0 Å². The van der Waals surface area contributed by atoms with Gasteiger partial charge in [-0.15, -0.1) is 0 Å². The zero-order valence-electron chi connectivity index (χ0n) is 8.40. The van der Waals surface area contributed by atoms with Crippen LogP contribution >= 0.6 is 0 Å². The van der Waals surface area contributed by atoms with Crippen molar-refractivity contribution in [2.45, 2.75) is 19.2 Å². The fourth-order valence-electron chi connectivity index (χ4n) is 2.70. The van der Waals surface area contributed by atoms with Crippen molar-refractivity contribution in [1.82, 2.24) is 0 Å². The number of esters is 2. The van der Waals surface area contributed by atoms with Gasteiger partial charge in [0.2, 0.25) is 0 Å². The van der Waals surface area contributed by atoms with Crippen molar-refractivity contribution in [3.8, 4) is 0 Å². The molecule has 1 saturated heterocycles. The second kappa shape index (κ2) is 1.90. The third-order valence-electron chi connectivity index (χ3n) is 3.20. The zero-order valence-corrected chi connectivity index (χ0v) is 6.40. The molecule has 2 saturated carbocycles. The summed E-state index contributed by atoms with van der Waals surface area (Å²) in [6.45, 7) is 0.